The fourth-order valence-corrected chi connectivity index (χ4v) is 6.60. The van der Waals surface area contributed by atoms with Gasteiger partial charge in [0.05, 0.1) is 17.7 Å². The van der Waals surface area contributed by atoms with Crippen molar-refractivity contribution in [2.45, 2.75) is 15.6 Å². The van der Waals surface area contributed by atoms with Gasteiger partial charge in [-0.3, -0.25) is 14.3 Å². The average molecular weight is 563 g/mol. The Kier molecular flexibility index (Phi) is 7.20. The molecular formula is C26H23FN8O2S2. The third kappa shape index (κ3) is 5.34. The van der Waals surface area contributed by atoms with E-state index < -0.39 is 11.2 Å². The molecule has 1 fully saturated rings. The third-order valence-electron chi connectivity index (χ3n) is 6.33. The van der Waals surface area contributed by atoms with Crippen LogP contribution in [0.25, 0.3) is 11.0 Å². The van der Waals surface area contributed by atoms with Crippen molar-refractivity contribution in [1.82, 2.24) is 29.8 Å². The normalized spacial score (nSPS) is 14.5. The summed E-state index contributed by atoms with van der Waals surface area (Å²) in [6.07, 6.45) is 4.77. The van der Waals surface area contributed by atoms with Crippen molar-refractivity contribution in [2.75, 3.05) is 36.4 Å². The van der Waals surface area contributed by atoms with E-state index in [0.717, 1.165) is 26.2 Å². The predicted octanol–water partition coefficient (Wildman–Crippen LogP) is 3.15. The van der Waals surface area contributed by atoms with E-state index in [1.165, 1.54) is 28.0 Å². The maximum Gasteiger partial charge on any atom is 0.252 e. The highest BCUT2D eigenvalue weighted by Crippen LogP contribution is 2.28. The fourth-order valence-electron chi connectivity index (χ4n) is 4.39. The summed E-state index contributed by atoms with van der Waals surface area (Å²) >= 11 is -0.199. The summed E-state index contributed by atoms with van der Waals surface area (Å²) in [4.78, 5) is 32.8. The number of benzene rings is 1. The molecule has 39 heavy (non-hydrogen) atoms. The number of nitrogens with one attached hydrogen (secondary N) is 2. The molecule has 1 aliphatic heterocycles. The lowest BCUT2D eigenvalue weighted by atomic mass is 10.2. The monoisotopic (exact) mass is 562 g/mol. The van der Waals surface area contributed by atoms with Gasteiger partial charge in [0.2, 0.25) is 10.2 Å². The minimum absolute atomic E-state index is 0.0797. The quantitative estimate of drug-likeness (QED) is 0.288. The minimum atomic E-state index is -1.47. The summed E-state index contributed by atoms with van der Waals surface area (Å²) in [6, 6.07) is 11.4. The number of pyridine rings is 2. The number of anilines is 3. The second-order valence-corrected chi connectivity index (χ2v) is 11.3. The molecule has 6 rings (SSSR count). The highest BCUT2D eigenvalue weighted by molar-refractivity contribution is 7.93. The van der Waals surface area contributed by atoms with Crippen molar-refractivity contribution >= 4 is 50.9 Å². The van der Waals surface area contributed by atoms with Gasteiger partial charge in [0.1, 0.15) is 17.2 Å². The van der Waals surface area contributed by atoms with E-state index in [4.69, 9.17) is 0 Å². The minimum Gasteiger partial charge on any atom is -0.606 e. The summed E-state index contributed by atoms with van der Waals surface area (Å²) in [5.74, 6) is -0.118. The van der Waals surface area contributed by atoms with Crippen molar-refractivity contribution in [3.63, 3.8) is 0 Å². The van der Waals surface area contributed by atoms with Crippen LogP contribution in [0.3, 0.4) is 0 Å². The molecule has 5 heterocycles. The molecule has 0 amide bonds. The van der Waals surface area contributed by atoms with Crippen LogP contribution in [0.4, 0.5) is 21.7 Å². The molecule has 0 aliphatic carbocycles. The molecule has 0 saturated carbocycles. The number of halogens is 1. The molecule has 13 heteroatoms. The van der Waals surface area contributed by atoms with Crippen LogP contribution in [0.15, 0.2) is 80.5 Å². The van der Waals surface area contributed by atoms with Crippen LogP contribution in [0.2, 0.25) is 0 Å². The molecular weight excluding hydrogens is 539 g/mol. The Labute approximate surface area is 229 Å². The molecule has 1 unspecified atom stereocenters. The van der Waals surface area contributed by atoms with Crippen LogP contribution in [0.1, 0.15) is 5.69 Å². The number of nitrogens with zero attached hydrogens (tertiary/aromatic N) is 6. The first-order valence-corrected chi connectivity index (χ1v) is 14.2. The SMILES string of the molecule is O=c1ccc2cnc(Nc3ccc(N4CCNCC4)c(F)c3)nc2n1Cc1ncsc1[S+]([O-])c1ccncc1. The maximum atomic E-state index is 14.9. The molecule has 1 saturated heterocycles. The van der Waals surface area contributed by atoms with Gasteiger partial charge in [-0.15, -0.1) is 0 Å². The van der Waals surface area contributed by atoms with Crippen molar-refractivity contribution < 1.29 is 8.94 Å². The summed E-state index contributed by atoms with van der Waals surface area (Å²) in [5.41, 5.74) is 3.27. The second-order valence-electron chi connectivity index (χ2n) is 8.80. The fraction of sp³-hybridized carbons (Fsp3) is 0.192. The van der Waals surface area contributed by atoms with E-state index in [9.17, 15) is 13.7 Å². The lowest BCUT2D eigenvalue weighted by molar-refractivity contribution is 0.566. The Bertz CT molecular complexity index is 1670. The van der Waals surface area contributed by atoms with Crippen molar-refractivity contribution in [2.24, 2.45) is 0 Å². The molecule has 5 aromatic rings. The standard InChI is InChI=1S/C26H23FN8O2S2/c27-20-13-18(2-3-22(20)34-11-9-29-10-12-34)32-26-30-14-17-1-4-23(36)35(24(17)33-26)15-21-25(38-16-31-21)39(37)19-5-7-28-8-6-19/h1-8,13-14,16,29H,9-12,15H2,(H,30,32,33). The van der Waals surface area contributed by atoms with Gasteiger partial charge in [-0.1, -0.05) is 11.3 Å². The van der Waals surface area contributed by atoms with Gasteiger partial charge in [-0.2, -0.15) is 4.98 Å². The maximum absolute atomic E-state index is 14.9. The highest BCUT2D eigenvalue weighted by Gasteiger charge is 2.23. The Morgan fingerprint density at radius 2 is 1.92 bits per heavy atom. The van der Waals surface area contributed by atoms with E-state index in [2.05, 4.69) is 30.6 Å². The third-order valence-corrected chi connectivity index (χ3v) is 9.00. The Morgan fingerprint density at radius 1 is 1.10 bits per heavy atom. The largest absolute Gasteiger partial charge is 0.606 e. The lowest BCUT2D eigenvalue weighted by Gasteiger charge is -2.29. The smallest absolute Gasteiger partial charge is 0.252 e. The van der Waals surface area contributed by atoms with Gasteiger partial charge in [0.25, 0.3) is 5.56 Å². The number of rotatable bonds is 7. The van der Waals surface area contributed by atoms with Crippen LogP contribution in [-0.2, 0) is 17.7 Å². The van der Waals surface area contributed by atoms with Crippen molar-refractivity contribution in [3.8, 4) is 0 Å². The zero-order valence-electron chi connectivity index (χ0n) is 20.6. The molecule has 2 N–H and O–H groups in total. The number of thiazole rings is 1. The summed E-state index contributed by atoms with van der Waals surface area (Å²) in [5, 5.41) is 6.96. The number of hydrogen-bond acceptors (Lipinski definition) is 10. The van der Waals surface area contributed by atoms with Gasteiger partial charge in [-0.05, 0) is 24.3 Å². The van der Waals surface area contributed by atoms with E-state index in [1.54, 1.807) is 54.4 Å². The van der Waals surface area contributed by atoms with Crippen molar-refractivity contribution in [1.29, 1.82) is 0 Å². The number of aromatic nitrogens is 5. The van der Waals surface area contributed by atoms with Crippen molar-refractivity contribution in [3.05, 3.63) is 88.4 Å². The predicted molar refractivity (Wildman–Crippen MR) is 149 cm³/mol. The molecule has 0 radical (unpaired) electrons. The first-order chi connectivity index (χ1) is 19.1. The van der Waals surface area contributed by atoms with E-state index >= 15 is 0 Å². The number of hydrogen-bond donors (Lipinski definition) is 2. The lowest BCUT2D eigenvalue weighted by Crippen LogP contribution is -2.43. The molecule has 10 nitrogen and oxygen atoms in total. The molecule has 0 spiro atoms. The van der Waals surface area contributed by atoms with Crippen LogP contribution >= 0.6 is 11.3 Å². The van der Waals surface area contributed by atoms with Crippen LogP contribution in [-0.4, -0.2) is 55.2 Å². The van der Waals surface area contributed by atoms with E-state index in [0.29, 0.717) is 37.2 Å². The van der Waals surface area contributed by atoms with Crippen LogP contribution in [0, 0.1) is 5.82 Å². The zero-order chi connectivity index (χ0) is 26.8. The van der Waals surface area contributed by atoms with Gasteiger partial charge < -0.3 is 20.1 Å². The Balaban J connectivity index is 1.29. The van der Waals surface area contributed by atoms with Crippen LogP contribution in [0.5, 0.6) is 0 Å². The second kappa shape index (κ2) is 11.1. The van der Waals surface area contributed by atoms with E-state index in [-0.39, 0.29) is 23.9 Å². The first kappa shape index (κ1) is 25.4. The number of piperazine rings is 1. The summed E-state index contributed by atoms with van der Waals surface area (Å²) in [7, 11) is 0. The molecule has 4 aromatic heterocycles. The average Bonchev–Trinajstić information content (AvgIpc) is 3.43. The molecule has 198 valence electrons. The Hall–Kier alpha value is -3.91. The molecule has 1 atom stereocenters. The first-order valence-electron chi connectivity index (χ1n) is 12.2. The summed E-state index contributed by atoms with van der Waals surface area (Å²) in [6.45, 7) is 3.19. The topological polar surface area (TPSA) is 124 Å². The number of fused-ring (bicyclic) bond motifs is 1. The Morgan fingerprint density at radius 3 is 2.72 bits per heavy atom. The highest BCUT2D eigenvalue weighted by atomic mass is 32.2. The van der Waals surface area contributed by atoms with E-state index in [1.807, 2.05) is 4.90 Å². The molecule has 0 bridgehead atoms. The molecule has 1 aliphatic rings. The van der Waals surface area contributed by atoms with Gasteiger partial charge >= 0.3 is 0 Å². The molecule has 1 aromatic carbocycles. The summed E-state index contributed by atoms with van der Waals surface area (Å²) < 4.78 is 30.1. The van der Waals surface area contributed by atoms with Gasteiger partial charge in [0, 0.05) is 85.2 Å². The van der Waals surface area contributed by atoms with Crippen LogP contribution < -0.4 is 21.1 Å². The van der Waals surface area contributed by atoms with Gasteiger partial charge in [0.15, 0.2) is 4.90 Å². The van der Waals surface area contributed by atoms with Gasteiger partial charge in [-0.25, -0.2) is 14.4 Å². The zero-order valence-corrected chi connectivity index (χ0v) is 22.2.